The second-order valence-electron chi connectivity index (χ2n) is 8.28. The number of pyridine rings is 1. The molecule has 3 aromatic carbocycles. The highest BCUT2D eigenvalue weighted by Gasteiger charge is 2.17. The zero-order chi connectivity index (χ0) is 23.4. The third-order valence-corrected chi connectivity index (χ3v) is 5.95. The molecule has 0 unspecified atom stereocenters. The molecule has 0 saturated carbocycles. The minimum absolute atomic E-state index is 0.0107. The molecule has 166 valence electrons. The Morgan fingerprint density at radius 3 is 1.50 bits per heavy atom. The molecule has 3 heterocycles. The van der Waals surface area contributed by atoms with Crippen LogP contribution in [0.5, 0.6) is 11.5 Å². The normalized spacial score (nSPS) is 11.5. The van der Waals surface area contributed by atoms with Gasteiger partial charge in [0.25, 0.3) is 0 Å². The van der Waals surface area contributed by atoms with Gasteiger partial charge < -0.3 is 10.2 Å². The van der Waals surface area contributed by atoms with E-state index in [1.807, 2.05) is 83.6 Å². The van der Waals surface area contributed by atoms with Crippen molar-refractivity contribution in [3.05, 3.63) is 90.5 Å². The third kappa shape index (κ3) is 3.17. The maximum Gasteiger partial charge on any atom is 0.141 e. The van der Waals surface area contributed by atoms with Gasteiger partial charge >= 0.3 is 0 Å². The molecule has 7 heteroatoms. The minimum atomic E-state index is -0.0107. The number of rotatable bonds is 3. The topological polar surface area (TPSA) is 89.0 Å². The van der Waals surface area contributed by atoms with Crippen molar-refractivity contribution in [3.63, 3.8) is 0 Å². The monoisotopic (exact) mass is 447 g/mol. The number of para-hydroxylation sites is 4. The number of phenolic OH excluding ortho intramolecular Hbond substituents is 2. The fraction of sp³-hybridized carbons (Fsp3) is 0.0741. The maximum atomic E-state index is 10.1. The summed E-state index contributed by atoms with van der Waals surface area (Å²) in [5.74, 6) is 2.95. The molecule has 6 aromatic rings. The van der Waals surface area contributed by atoms with E-state index in [1.54, 1.807) is 12.1 Å². The van der Waals surface area contributed by atoms with Gasteiger partial charge in [-0.05, 0) is 73.5 Å². The number of fused-ring (bicyclic) bond motifs is 2. The van der Waals surface area contributed by atoms with Crippen LogP contribution in [0.2, 0.25) is 0 Å². The van der Waals surface area contributed by atoms with Crippen LogP contribution in [-0.2, 0) is 0 Å². The summed E-state index contributed by atoms with van der Waals surface area (Å²) in [5.41, 5.74) is 5.12. The van der Waals surface area contributed by atoms with Crippen LogP contribution in [0.3, 0.4) is 0 Å². The highest BCUT2D eigenvalue weighted by Crippen LogP contribution is 2.32. The van der Waals surface area contributed by atoms with E-state index in [4.69, 9.17) is 15.0 Å². The average molecular weight is 447 g/mol. The second-order valence-corrected chi connectivity index (χ2v) is 8.28. The Balaban J connectivity index is 1.68. The zero-order valence-electron chi connectivity index (χ0n) is 18.6. The van der Waals surface area contributed by atoms with Gasteiger partial charge in [0.1, 0.15) is 34.8 Å². The van der Waals surface area contributed by atoms with Gasteiger partial charge in [0.15, 0.2) is 0 Å². The smallest absolute Gasteiger partial charge is 0.141 e. The van der Waals surface area contributed by atoms with Crippen LogP contribution in [0, 0.1) is 13.8 Å². The Morgan fingerprint density at radius 1 is 0.559 bits per heavy atom. The molecule has 2 N–H and O–H groups in total. The summed E-state index contributed by atoms with van der Waals surface area (Å²) >= 11 is 0. The number of benzene rings is 3. The fourth-order valence-corrected chi connectivity index (χ4v) is 4.53. The molecule has 0 spiro atoms. The predicted octanol–water partition coefficient (Wildman–Crippen LogP) is 5.45. The Kier molecular flexibility index (Phi) is 4.38. The summed E-state index contributed by atoms with van der Waals surface area (Å²) in [7, 11) is 0. The average Bonchev–Trinajstić information content (AvgIpc) is 3.33. The first-order chi connectivity index (χ1) is 16.5. The molecule has 0 saturated heterocycles. The second kappa shape index (κ2) is 7.45. The predicted molar refractivity (Wildman–Crippen MR) is 132 cm³/mol. The van der Waals surface area contributed by atoms with Crippen LogP contribution >= 0.6 is 0 Å². The molecule has 0 radical (unpaired) electrons. The van der Waals surface area contributed by atoms with Gasteiger partial charge in [0, 0.05) is 6.07 Å². The lowest BCUT2D eigenvalue weighted by atomic mass is 10.1. The molecule has 34 heavy (non-hydrogen) atoms. The first-order valence-electron chi connectivity index (χ1n) is 10.9. The molecule has 0 bridgehead atoms. The molecular formula is C27H21N5O2. The van der Waals surface area contributed by atoms with Crippen LogP contribution in [0.15, 0.2) is 78.9 Å². The Hall–Kier alpha value is -4.65. The number of phenols is 2. The number of hydrogen-bond acceptors (Lipinski definition) is 5. The Morgan fingerprint density at radius 2 is 1.00 bits per heavy atom. The van der Waals surface area contributed by atoms with E-state index >= 15 is 0 Å². The molecule has 0 aliphatic heterocycles. The van der Waals surface area contributed by atoms with E-state index in [1.165, 1.54) is 6.07 Å². The van der Waals surface area contributed by atoms with Crippen molar-refractivity contribution in [2.24, 2.45) is 0 Å². The van der Waals surface area contributed by atoms with E-state index in [0.29, 0.717) is 17.2 Å². The SMILES string of the molecule is Cc1nc2ccccc2n1-c1cc(-c2cc(O)cc(O)c2)cc(-n2c(C)nc3ccccc32)n1. The lowest BCUT2D eigenvalue weighted by molar-refractivity contribution is 0.451. The largest absolute Gasteiger partial charge is 0.508 e. The lowest BCUT2D eigenvalue weighted by Gasteiger charge is -2.14. The first kappa shape index (κ1) is 20.0. The van der Waals surface area contributed by atoms with Gasteiger partial charge in [-0.1, -0.05) is 24.3 Å². The van der Waals surface area contributed by atoms with Crippen molar-refractivity contribution in [2.75, 3.05) is 0 Å². The van der Waals surface area contributed by atoms with Gasteiger partial charge in [-0.25, -0.2) is 15.0 Å². The quantitative estimate of drug-likeness (QED) is 0.376. The van der Waals surface area contributed by atoms with Crippen molar-refractivity contribution in [1.29, 1.82) is 0 Å². The van der Waals surface area contributed by atoms with Crippen molar-refractivity contribution < 1.29 is 10.2 Å². The van der Waals surface area contributed by atoms with E-state index < -0.39 is 0 Å². The molecule has 6 rings (SSSR count). The van der Waals surface area contributed by atoms with Gasteiger partial charge in [-0.15, -0.1) is 0 Å². The summed E-state index contributed by atoms with van der Waals surface area (Å²) in [6, 6.07) is 24.3. The Bertz CT molecular complexity index is 1600. The number of aromatic hydroxyl groups is 2. The summed E-state index contributed by atoms with van der Waals surface area (Å²) < 4.78 is 4.03. The molecule has 7 nitrogen and oxygen atoms in total. The molecule has 0 aliphatic carbocycles. The standard InChI is InChI=1S/C27H21N5O2/c1-16-28-22-7-3-5-9-24(22)31(16)26-13-19(18-11-20(33)15-21(34)12-18)14-27(30-26)32-17(2)29-23-8-4-6-10-25(23)32/h3-15,33-34H,1-2H3. The summed E-state index contributed by atoms with van der Waals surface area (Å²) in [6.45, 7) is 3.90. The molecular weight excluding hydrogens is 426 g/mol. The highest BCUT2D eigenvalue weighted by atomic mass is 16.3. The van der Waals surface area contributed by atoms with Crippen LogP contribution in [0.1, 0.15) is 11.6 Å². The van der Waals surface area contributed by atoms with Gasteiger partial charge in [0.2, 0.25) is 0 Å². The van der Waals surface area contributed by atoms with Crippen molar-refractivity contribution in [2.45, 2.75) is 13.8 Å². The number of hydrogen-bond donors (Lipinski definition) is 2. The number of imidazole rings is 2. The fourth-order valence-electron chi connectivity index (χ4n) is 4.53. The van der Waals surface area contributed by atoms with Crippen LogP contribution in [0.4, 0.5) is 0 Å². The highest BCUT2D eigenvalue weighted by molar-refractivity contribution is 5.81. The van der Waals surface area contributed by atoms with Crippen LogP contribution < -0.4 is 0 Å². The third-order valence-electron chi connectivity index (χ3n) is 5.95. The molecule has 0 amide bonds. The van der Waals surface area contributed by atoms with E-state index in [2.05, 4.69) is 0 Å². The van der Waals surface area contributed by atoms with Crippen molar-refractivity contribution >= 4 is 22.1 Å². The van der Waals surface area contributed by atoms with Crippen LogP contribution in [0.25, 0.3) is 44.8 Å². The Labute approximate surface area is 195 Å². The number of nitrogens with zero attached hydrogens (tertiary/aromatic N) is 5. The van der Waals surface area contributed by atoms with Crippen molar-refractivity contribution in [1.82, 2.24) is 24.1 Å². The number of aromatic nitrogens is 5. The van der Waals surface area contributed by atoms with E-state index in [-0.39, 0.29) is 11.5 Å². The van der Waals surface area contributed by atoms with Gasteiger partial charge in [0.05, 0.1) is 22.1 Å². The van der Waals surface area contributed by atoms with E-state index in [0.717, 1.165) is 39.3 Å². The molecule has 3 aromatic heterocycles. The van der Waals surface area contributed by atoms with Gasteiger partial charge in [-0.3, -0.25) is 9.13 Å². The first-order valence-corrected chi connectivity index (χ1v) is 10.9. The van der Waals surface area contributed by atoms with Crippen LogP contribution in [-0.4, -0.2) is 34.3 Å². The molecule has 0 aliphatic rings. The molecule has 0 fully saturated rings. The molecule has 0 atom stereocenters. The van der Waals surface area contributed by atoms with Gasteiger partial charge in [-0.2, -0.15) is 0 Å². The zero-order valence-corrected chi connectivity index (χ0v) is 18.6. The maximum absolute atomic E-state index is 10.1. The lowest BCUT2D eigenvalue weighted by Crippen LogP contribution is -2.06. The number of aryl methyl sites for hydroxylation is 2. The summed E-state index contributed by atoms with van der Waals surface area (Å²) in [5, 5.41) is 20.3. The van der Waals surface area contributed by atoms with Crippen molar-refractivity contribution in [3.8, 4) is 34.3 Å². The summed E-state index contributed by atoms with van der Waals surface area (Å²) in [4.78, 5) is 14.4. The van der Waals surface area contributed by atoms with E-state index in [9.17, 15) is 10.2 Å². The summed E-state index contributed by atoms with van der Waals surface area (Å²) in [6.07, 6.45) is 0. The minimum Gasteiger partial charge on any atom is -0.508 e.